The number of piperazine rings is 1. The molecule has 1 saturated heterocycles. The summed E-state index contributed by atoms with van der Waals surface area (Å²) >= 11 is 0. The highest BCUT2D eigenvalue weighted by atomic mass is 16.2. The third-order valence-electron chi connectivity index (χ3n) is 3.79. The molecule has 2 atom stereocenters. The second-order valence-electron chi connectivity index (χ2n) is 5.28. The molecule has 0 aromatic heterocycles. The van der Waals surface area contributed by atoms with Gasteiger partial charge in [-0.3, -0.25) is 9.59 Å². The van der Waals surface area contributed by atoms with E-state index in [0.29, 0.717) is 13.0 Å². The van der Waals surface area contributed by atoms with Crippen molar-refractivity contribution in [3.05, 3.63) is 35.9 Å². The lowest BCUT2D eigenvalue weighted by atomic mass is 10.0. The minimum atomic E-state index is -0.401. The molecule has 108 valence electrons. The fraction of sp³-hybridized carbons (Fsp3) is 0.500. The summed E-state index contributed by atoms with van der Waals surface area (Å²) in [5, 5.41) is 2.74. The van der Waals surface area contributed by atoms with Gasteiger partial charge in [-0.05, 0) is 31.7 Å². The molecular weight excluding hydrogens is 252 g/mol. The van der Waals surface area contributed by atoms with Crippen molar-refractivity contribution in [2.24, 2.45) is 0 Å². The van der Waals surface area contributed by atoms with E-state index in [0.717, 1.165) is 12.8 Å². The maximum absolute atomic E-state index is 12.2. The van der Waals surface area contributed by atoms with Crippen LogP contribution in [-0.4, -0.2) is 35.3 Å². The minimum absolute atomic E-state index is 0.0284. The topological polar surface area (TPSA) is 49.4 Å². The highest BCUT2D eigenvalue weighted by molar-refractivity contribution is 5.96. The quantitative estimate of drug-likeness (QED) is 0.889. The Bertz CT molecular complexity index is 473. The van der Waals surface area contributed by atoms with Crippen LogP contribution in [0.25, 0.3) is 0 Å². The van der Waals surface area contributed by atoms with E-state index in [1.807, 2.05) is 25.1 Å². The van der Waals surface area contributed by atoms with Gasteiger partial charge >= 0.3 is 0 Å². The number of hydrogen-bond acceptors (Lipinski definition) is 2. The second-order valence-corrected chi connectivity index (χ2v) is 5.28. The Hall–Kier alpha value is -1.84. The van der Waals surface area contributed by atoms with E-state index in [4.69, 9.17) is 0 Å². The number of carbonyl (C=O) groups excluding carboxylic acids is 2. The van der Waals surface area contributed by atoms with Crippen LogP contribution in [0.5, 0.6) is 0 Å². The largest absolute Gasteiger partial charge is 0.343 e. The van der Waals surface area contributed by atoms with Gasteiger partial charge in [0.2, 0.25) is 11.8 Å². The van der Waals surface area contributed by atoms with Gasteiger partial charge in [-0.1, -0.05) is 37.3 Å². The predicted molar refractivity (Wildman–Crippen MR) is 78.2 cm³/mol. The first kappa shape index (κ1) is 14.6. The zero-order valence-corrected chi connectivity index (χ0v) is 12.1. The van der Waals surface area contributed by atoms with E-state index < -0.39 is 6.04 Å². The first-order valence-corrected chi connectivity index (χ1v) is 7.28. The van der Waals surface area contributed by atoms with Crippen LogP contribution >= 0.6 is 0 Å². The Kier molecular flexibility index (Phi) is 4.77. The average molecular weight is 274 g/mol. The predicted octanol–water partition coefficient (Wildman–Crippen LogP) is 1.74. The Morgan fingerprint density at radius 3 is 2.55 bits per heavy atom. The van der Waals surface area contributed by atoms with Gasteiger partial charge < -0.3 is 10.2 Å². The minimum Gasteiger partial charge on any atom is -0.343 e. The molecule has 1 aromatic carbocycles. The molecule has 1 aliphatic rings. The van der Waals surface area contributed by atoms with Crippen molar-refractivity contribution >= 4 is 11.8 Å². The van der Waals surface area contributed by atoms with Crippen LogP contribution in [0.2, 0.25) is 0 Å². The van der Waals surface area contributed by atoms with Crippen LogP contribution < -0.4 is 5.32 Å². The third kappa shape index (κ3) is 3.18. The van der Waals surface area contributed by atoms with E-state index in [9.17, 15) is 9.59 Å². The van der Waals surface area contributed by atoms with E-state index in [1.54, 1.807) is 11.8 Å². The number of benzene rings is 1. The monoisotopic (exact) mass is 274 g/mol. The van der Waals surface area contributed by atoms with Gasteiger partial charge in [-0.2, -0.15) is 0 Å². The van der Waals surface area contributed by atoms with Crippen molar-refractivity contribution in [3.63, 3.8) is 0 Å². The fourth-order valence-corrected chi connectivity index (χ4v) is 2.69. The second kappa shape index (κ2) is 6.55. The molecule has 2 rings (SSSR count). The van der Waals surface area contributed by atoms with Gasteiger partial charge in [0.25, 0.3) is 0 Å². The van der Waals surface area contributed by atoms with Gasteiger partial charge in [-0.25, -0.2) is 0 Å². The van der Waals surface area contributed by atoms with Crippen LogP contribution in [-0.2, 0) is 16.0 Å². The van der Waals surface area contributed by atoms with Gasteiger partial charge in [0, 0.05) is 6.54 Å². The Balaban J connectivity index is 1.95. The van der Waals surface area contributed by atoms with Gasteiger partial charge in [0.15, 0.2) is 0 Å². The SMILES string of the molecule is CCC1C(=O)NC(C)C(=O)N1CCCc1ccccc1. The summed E-state index contributed by atoms with van der Waals surface area (Å²) in [5.74, 6) is 0.00354. The lowest BCUT2D eigenvalue weighted by molar-refractivity contribution is -0.149. The molecule has 0 bridgehead atoms. The smallest absolute Gasteiger partial charge is 0.245 e. The summed E-state index contributed by atoms with van der Waals surface area (Å²) in [6, 6.07) is 9.50. The van der Waals surface area contributed by atoms with Crippen LogP contribution in [0, 0.1) is 0 Å². The standard InChI is InChI=1S/C16H22N2O2/c1-3-14-15(19)17-12(2)16(20)18(14)11-7-10-13-8-5-4-6-9-13/h4-6,8-9,12,14H,3,7,10-11H2,1-2H3,(H,17,19). The van der Waals surface area contributed by atoms with Crippen molar-refractivity contribution in [1.82, 2.24) is 10.2 Å². The summed E-state index contributed by atoms with van der Waals surface area (Å²) in [6.45, 7) is 4.33. The zero-order chi connectivity index (χ0) is 14.5. The third-order valence-corrected chi connectivity index (χ3v) is 3.79. The first-order chi connectivity index (χ1) is 9.63. The summed E-state index contributed by atoms with van der Waals surface area (Å²) in [6.07, 6.45) is 2.47. The molecule has 1 N–H and O–H groups in total. The molecule has 0 radical (unpaired) electrons. The fourth-order valence-electron chi connectivity index (χ4n) is 2.69. The lowest BCUT2D eigenvalue weighted by Crippen LogP contribution is -2.62. The number of amides is 2. The molecular formula is C16H22N2O2. The van der Waals surface area contributed by atoms with Crippen LogP contribution in [0.15, 0.2) is 30.3 Å². The maximum Gasteiger partial charge on any atom is 0.245 e. The first-order valence-electron chi connectivity index (χ1n) is 7.28. The highest BCUT2D eigenvalue weighted by Crippen LogP contribution is 2.14. The highest BCUT2D eigenvalue weighted by Gasteiger charge is 2.36. The normalized spacial score (nSPS) is 22.8. The average Bonchev–Trinajstić information content (AvgIpc) is 2.45. The maximum atomic E-state index is 12.2. The van der Waals surface area contributed by atoms with Gasteiger partial charge in [0.1, 0.15) is 12.1 Å². The molecule has 0 aliphatic carbocycles. The van der Waals surface area contributed by atoms with Crippen LogP contribution in [0.3, 0.4) is 0 Å². The Morgan fingerprint density at radius 1 is 1.20 bits per heavy atom. The molecule has 4 nitrogen and oxygen atoms in total. The Morgan fingerprint density at radius 2 is 1.90 bits per heavy atom. The van der Waals surface area contributed by atoms with E-state index in [1.165, 1.54) is 5.56 Å². The Labute approximate surface area is 120 Å². The van der Waals surface area contributed by atoms with Gasteiger partial charge in [-0.15, -0.1) is 0 Å². The summed E-state index contributed by atoms with van der Waals surface area (Å²) in [5.41, 5.74) is 1.27. The van der Waals surface area contributed by atoms with Crippen molar-refractivity contribution in [2.45, 2.75) is 45.2 Å². The molecule has 0 saturated carbocycles. The molecule has 0 spiro atoms. The molecule has 1 aliphatic heterocycles. The molecule has 4 heteroatoms. The number of nitrogens with zero attached hydrogens (tertiary/aromatic N) is 1. The number of carbonyl (C=O) groups is 2. The number of nitrogens with one attached hydrogen (secondary N) is 1. The number of rotatable bonds is 5. The van der Waals surface area contributed by atoms with Crippen molar-refractivity contribution in [2.75, 3.05) is 6.54 Å². The molecule has 20 heavy (non-hydrogen) atoms. The zero-order valence-electron chi connectivity index (χ0n) is 12.1. The van der Waals surface area contributed by atoms with Crippen LogP contribution in [0.4, 0.5) is 0 Å². The van der Waals surface area contributed by atoms with Gasteiger partial charge in [0.05, 0.1) is 0 Å². The molecule has 2 amide bonds. The van der Waals surface area contributed by atoms with Crippen molar-refractivity contribution < 1.29 is 9.59 Å². The molecule has 1 fully saturated rings. The van der Waals surface area contributed by atoms with Crippen molar-refractivity contribution in [3.8, 4) is 0 Å². The van der Waals surface area contributed by atoms with E-state index in [-0.39, 0.29) is 17.9 Å². The van der Waals surface area contributed by atoms with E-state index in [2.05, 4.69) is 17.4 Å². The molecule has 2 unspecified atom stereocenters. The van der Waals surface area contributed by atoms with Crippen molar-refractivity contribution in [1.29, 1.82) is 0 Å². The summed E-state index contributed by atoms with van der Waals surface area (Å²) in [4.78, 5) is 25.9. The number of hydrogen-bond donors (Lipinski definition) is 1. The number of aryl methyl sites for hydroxylation is 1. The summed E-state index contributed by atoms with van der Waals surface area (Å²) in [7, 11) is 0. The van der Waals surface area contributed by atoms with E-state index >= 15 is 0 Å². The molecule has 1 aromatic rings. The lowest BCUT2D eigenvalue weighted by Gasteiger charge is -2.37. The molecule has 1 heterocycles. The summed E-state index contributed by atoms with van der Waals surface area (Å²) < 4.78 is 0. The van der Waals surface area contributed by atoms with Crippen LogP contribution in [0.1, 0.15) is 32.3 Å².